The fraction of sp³-hybridized carbons (Fsp3) is 0.611. The van der Waals surface area contributed by atoms with Gasteiger partial charge in [-0.3, -0.25) is 9.69 Å². The first-order valence-electron chi connectivity index (χ1n) is 8.48. The van der Waals surface area contributed by atoms with Crippen molar-refractivity contribution in [3.63, 3.8) is 0 Å². The molecule has 2 saturated heterocycles. The number of nitrogens with zero attached hydrogens (tertiary/aromatic N) is 1. The summed E-state index contributed by atoms with van der Waals surface area (Å²) in [5.41, 5.74) is 2.19. The molecule has 2 aliphatic rings. The van der Waals surface area contributed by atoms with E-state index in [1.165, 1.54) is 18.4 Å². The Bertz CT molecular complexity index is 518. The lowest BCUT2D eigenvalue weighted by Gasteiger charge is -2.23. The second-order valence-electron chi connectivity index (χ2n) is 6.99. The number of benzene rings is 1. The average molecular weight is 338 g/mol. The summed E-state index contributed by atoms with van der Waals surface area (Å²) >= 11 is 0. The normalized spacial score (nSPS) is 24.1. The van der Waals surface area contributed by atoms with E-state index >= 15 is 0 Å². The monoisotopic (exact) mass is 337 g/mol. The minimum Gasteiger partial charge on any atom is -0.325 e. The van der Waals surface area contributed by atoms with Crippen LogP contribution < -0.4 is 10.6 Å². The van der Waals surface area contributed by atoms with Crippen LogP contribution in [0.2, 0.25) is 0 Å². The van der Waals surface area contributed by atoms with Crippen LogP contribution in [0.5, 0.6) is 0 Å². The van der Waals surface area contributed by atoms with Gasteiger partial charge in [0.2, 0.25) is 5.91 Å². The Morgan fingerprint density at radius 2 is 1.91 bits per heavy atom. The molecule has 1 aromatic carbocycles. The molecule has 23 heavy (non-hydrogen) atoms. The maximum Gasteiger partial charge on any atom is 0.238 e. The van der Waals surface area contributed by atoms with Crippen LogP contribution in [0.15, 0.2) is 24.3 Å². The summed E-state index contributed by atoms with van der Waals surface area (Å²) in [6.45, 7) is 6.87. The van der Waals surface area contributed by atoms with Gasteiger partial charge in [-0.1, -0.05) is 26.0 Å². The summed E-state index contributed by atoms with van der Waals surface area (Å²) in [6.07, 6.45) is 3.71. The molecule has 0 spiro atoms. The number of likely N-dealkylation sites (tertiary alicyclic amines) is 1. The summed E-state index contributed by atoms with van der Waals surface area (Å²) in [5, 5.41) is 6.67. The number of nitrogens with one attached hydrogen (secondary N) is 2. The highest BCUT2D eigenvalue weighted by Crippen LogP contribution is 2.20. The second kappa shape index (κ2) is 8.13. The predicted molar refractivity (Wildman–Crippen MR) is 97.4 cm³/mol. The van der Waals surface area contributed by atoms with Crippen LogP contribution in [0.25, 0.3) is 0 Å². The fourth-order valence-electron chi connectivity index (χ4n) is 3.51. The Morgan fingerprint density at radius 1 is 1.22 bits per heavy atom. The molecule has 0 radical (unpaired) electrons. The molecule has 2 bridgehead atoms. The van der Waals surface area contributed by atoms with E-state index in [2.05, 4.69) is 41.5 Å². The average Bonchev–Trinajstić information content (AvgIpc) is 2.82. The molecule has 2 atom stereocenters. The molecule has 128 valence electrons. The lowest BCUT2D eigenvalue weighted by atomic mass is 10.0. The molecular weight excluding hydrogens is 310 g/mol. The molecule has 0 saturated carbocycles. The lowest BCUT2D eigenvalue weighted by molar-refractivity contribution is -0.117. The van der Waals surface area contributed by atoms with Gasteiger partial charge >= 0.3 is 0 Å². The molecule has 2 aliphatic heterocycles. The van der Waals surface area contributed by atoms with Crippen molar-refractivity contribution in [3.8, 4) is 0 Å². The molecule has 5 heteroatoms. The zero-order valence-electron chi connectivity index (χ0n) is 14.0. The smallest absolute Gasteiger partial charge is 0.238 e. The van der Waals surface area contributed by atoms with Crippen LogP contribution in [-0.4, -0.2) is 42.5 Å². The Kier molecular flexibility index (Phi) is 6.45. The number of carbonyl (C=O) groups excluding carboxylic acids is 1. The van der Waals surface area contributed by atoms with Crippen LogP contribution in [0.4, 0.5) is 5.69 Å². The third-order valence-corrected chi connectivity index (χ3v) is 4.84. The van der Waals surface area contributed by atoms with Crippen molar-refractivity contribution < 1.29 is 4.79 Å². The largest absolute Gasteiger partial charge is 0.325 e. The predicted octanol–water partition coefficient (Wildman–Crippen LogP) is 3.00. The van der Waals surface area contributed by atoms with Crippen molar-refractivity contribution in [2.45, 2.75) is 51.1 Å². The highest BCUT2D eigenvalue weighted by Gasteiger charge is 2.29. The van der Waals surface area contributed by atoms with Gasteiger partial charge in [0.25, 0.3) is 0 Å². The van der Waals surface area contributed by atoms with Gasteiger partial charge in [-0.25, -0.2) is 0 Å². The van der Waals surface area contributed by atoms with Gasteiger partial charge < -0.3 is 10.6 Å². The minimum absolute atomic E-state index is 0. The number of carbonyl (C=O) groups is 1. The van der Waals surface area contributed by atoms with Crippen molar-refractivity contribution in [3.05, 3.63) is 29.8 Å². The van der Waals surface area contributed by atoms with Crippen molar-refractivity contribution in [2.75, 3.05) is 25.0 Å². The second-order valence-corrected chi connectivity index (χ2v) is 6.99. The van der Waals surface area contributed by atoms with Crippen LogP contribution in [0.1, 0.15) is 44.6 Å². The Morgan fingerprint density at radius 3 is 2.61 bits per heavy atom. The van der Waals surface area contributed by atoms with Crippen LogP contribution in [0.3, 0.4) is 0 Å². The van der Waals surface area contributed by atoms with Gasteiger partial charge in [-0.15, -0.1) is 12.4 Å². The van der Waals surface area contributed by atoms with Crippen molar-refractivity contribution in [1.82, 2.24) is 10.2 Å². The van der Waals surface area contributed by atoms with Crippen LogP contribution >= 0.6 is 12.4 Å². The van der Waals surface area contributed by atoms with Crippen molar-refractivity contribution in [1.29, 1.82) is 0 Å². The van der Waals surface area contributed by atoms with E-state index in [9.17, 15) is 4.79 Å². The molecule has 0 aliphatic carbocycles. The molecule has 2 unspecified atom stereocenters. The molecule has 0 aromatic heterocycles. The van der Waals surface area contributed by atoms with Crippen LogP contribution in [0, 0.1) is 0 Å². The first-order valence-corrected chi connectivity index (χ1v) is 8.48. The van der Waals surface area contributed by atoms with E-state index in [-0.39, 0.29) is 18.3 Å². The molecule has 2 fully saturated rings. The molecule has 3 rings (SSSR count). The number of amides is 1. The third kappa shape index (κ3) is 4.93. The zero-order valence-corrected chi connectivity index (χ0v) is 14.9. The first kappa shape index (κ1) is 18.2. The van der Waals surface area contributed by atoms with Crippen molar-refractivity contribution in [2.24, 2.45) is 0 Å². The SMILES string of the molecule is CC(C)c1ccc(NC(=O)CN2CCC3CCC(C2)N3)cc1.Cl. The number of halogens is 1. The molecular formula is C18H28ClN3O. The molecule has 2 N–H and O–H groups in total. The summed E-state index contributed by atoms with van der Waals surface area (Å²) in [5.74, 6) is 0.611. The maximum atomic E-state index is 12.2. The van der Waals surface area contributed by atoms with E-state index < -0.39 is 0 Å². The van der Waals surface area contributed by atoms with Gasteiger partial charge in [0, 0.05) is 30.9 Å². The van der Waals surface area contributed by atoms with E-state index in [1.54, 1.807) is 0 Å². The highest BCUT2D eigenvalue weighted by atomic mass is 35.5. The third-order valence-electron chi connectivity index (χ3n) is 4.84. The summed E-state index contributed by atoms with van der Waals surface area (Å²) < 4.78 is 0. The molecule has 1 aromatic rings. The highest BCUT2D eigenvalue weighted by molar-refractivity contribution is 5.92. The van der Waals surface area contributed by atoms with E-state index in [0.717, 1.165) is 25.2 Å². The van der Waals surface area contributed by atoms with Gasteiger partial charge in [0.1, 0.15) is 0 Å². The van der Waals surface area contributed by atoms with E-state index in [4.69, 9.17) is 0 Å². The Hall–Kier alpha value is -1.10. The fourth-order valence-corrected chi connectivity index (χ4v) is 3.51. The lowest BCUT2D eigenvalue weighted by Crippen LogP contribution is -2.39. The molecule has 1 amide bonds. The number of fused-ring (bicyclic) bond motifs is 2. The zero-order chi connectivity index (χ0) is 15.5. The number of hydrogen-bond donors (Lipinski definition) is 2. The van der Waals surface area contributed by atoms with Gasteiger partial charge in [-0.05, 0) is 42.9 Å². The molecule has 4 nitrogen and oxygen atoms in total. The van der Waals surface area contributed by atoms with Gasteiger partial charge in [0.05, 0.1) is 6.54 Å². The van der Waals surface area contributed by atoms with Crippen molar-refractivity contribution >= 4 is 24.0 Å². The quantitative estimate of drug-likeness (QED) is 0.887. The number of hydrogen-bond acceptors (Lipinski definition) is 3. The van der Waals surface area contributed by atoms with Gasteiger partial charge in [-0.2, -0.15) is 0 Å². The summed E-state index contributed by atoms with van der Waals surface area (Å²) in [7, 11) is 0. The first-order chi connectivity index (χ1) is 10.6. The Balaban J connectivity index is 0.00000192. The Labute approximate surface area is 145 Å². The topological polar surface area (TPSA) is 44.4 Å². The van der Waals surface area contributed by atoms with Crippen LogP contribution in [-0.2, 0) is 4.79 Å². The standard InChI is InChI=1S/C18H27N3O.ClH/c1-13(2)14-3-5-15(6-4-14)20-18(22)12-21-10-9-16-7-8-17(11-21)19-16;/h3-6,13,16-17,19H,7-12H2,1-2H3,(H,20,22);1H. The minimum atomic E-state index is 0. The number of anilines is 1. The number of rotatable bonds is 4. The summed E-state index contributed by atoms with van der Waals surface area (Å²) in [4.78, 5) is 14.5. The van der Waals surface area contributed by atoms with Gasteiger partial charge in [0.15, 0.2) is 0 Å². The molecule has 2 heterocycles. The van der Waals surface area contributed by atoms with E-state index in [0.29, 0.717) is 24.5 Å². The summed E-state index contributed by atoms with van der Waals surface area (Å²) in [6, 6.07) is 9.43. The maximum absolute atomic E-state index is 12.2. The van der Waals surface area contributed by atoms with E-state index in [1.807, 2.05) is 12.1 Å².